The van der Waals surface area contributed by atoms with E-state index in [4.69, 9.17) is 5.73 Å². The molecule has 1 rings (SSSR count). The fourth-order valence-corrected chi connectivity index (χ4v) is 2.52. The molecule has 1 aromatic carbocycles. The lowest BCUT2D eigenvalue weighted by atomic mass is 9.88. The summed E-state index contributed by atoms with van der Waals surface area (Å²) in [5.74, 6) is 1.16. The van der Waals surface area contributed by atoms with Gasteiger partial charge in [0.2, 0.25) is 5.91 Å². The second-order valence-corrected chi connectivity index (χ2v) is 6.08. The van der Waals surface area contributed by atoms with Crippen LogP contribution in [0, 0.1) is 11.8 Å². The van der Waals surface area contributed by atoms with E-state index >= 15 is 0 Å². The molecular formula is C17H29N3O. The van der Waals surface area contributed by atoms with Gasteiger partial charge in [0.25, 0.3) is 0 Å². The lowest BCUT2D eigenvalue weighted by Gasteiger charge is -2.21. The molecule has 0 aliphatic heterocycles. The number of nitrogens with zero attached hydrogens (tertiary/aromatic N) is 1. The Morgan fingerprint density at radius 1 is 1.24 bits per heavy atom. The summed E-state index contributed by atoms with van der Waals surface area (Å²) in [4.78, 5) is 14.2. The van der Waals surface area contributed by atoms with Crippen LogP contribution in [0.15, 0.2) is 24.3 Å². The average Bonchev–Trinajstić information content (AvgIpc) is 2.43. The standard InChI is InChI=1S/C17H29N3O/c1-13(2)14(11-12-18)9-10-17(21)19-15-7-5-6-8-16(15)20(3)4/h5-8,13-14H,9-12,18H2,1-4H3,(H,19,21). The number of anilines is 2. The Hall–Kier alpha value is -1.55. The number of hydrogen-bond acceptors (Lipinski definition) is 3. The van der Waals surface area contributed by atoms with Crippen LogP contribution in [-0.4, -0.2) is 26.5 Å². The summed E-state index contributed by atoms with van der Waals surface area (Å²) >= 11 is 0. The fraction of sp³-hybridized carbons (Fsp3) is 0.588. The summed E-state index contributed by atoms with van der Waals surface area (Å²) in [6.45, 7) is 5.08. The summed E-state index contributed by atoms with van der Waals surface area (Å²) in [6, 6.07) is 7.85. The minimum absolute atomic E-state index is 0.0759. The average molecular weight is 291 g/mol. The van der Waals surface area contributed by atoms with Crippen molar-refractivity contribution in [3.05, 3.63) is 24.3 Å². The molecule has 0 fully saturated rings. The van der Waals surface area contributed by atoms with Crippen LogP contribution in [0.4, 0.5) is 11.4 Å². The molecular weight excluding hydrogens is 262 g/mol. The Balaban J connectivity index is 2.58. The molecule has 1 amide bonds. The smallest absolute Gasteiger partial charge is 0.224 e. The highest BCUT2D eigenvalue weighted by Crippen LogP contribution is 2.25. The number of para-hydroxylation sites is 2. The van der Waals surface area contributed by atoms with Crippen LogP contribution in [0.5, 0.6) is 0 Å². The van der Waals surface area contributed by atoms with E-state index < -0.39 is 0 Å². The van der Waals surface area contributed by atoms with E-state index in [0.717, 1.165) is 24.2 Å². The quantitative estimate of drug-likeness (QED) is 0.774. The van der Waals surface area contributed by atoms with Crippen molar-refractivity contribution in [2.75, 3.05) is 30.9 Å². The zero-order chi connectivity index (χ0) is 15.8. The van der Waals surface area contributed by atoms with Crippen molar-refractivity contribution in [3.8, 4) is 0 Å². The third-order valence-electron chi connectivity index (χ3n) is 3.88. The largest absolute Gasteiger partial charge is 0.376 e. The van der Waals surface area contributed by atoms with Crippen LogP contribution in [0.3, 0.4) is 0 Å². The minimum atomic E-state index is 0.0759. The number of nitrogens with one attached hydrogen (secondary N) is 1. The van der Waals surface area contributed by atoms with E-state index in [-0.39, 0.29) is 5.91 Å². The van der Waals surface area contributed by atoms with Crippen LogP contribution in [0.25, 0.3) is 0 Å². The molecule has 0 aliphatic carbocycles. The first-order valence-corrected chi connectivity index (χ1v) is 7.72. The monoisotopic (exact) mass is 291 g/mol. The van der Waals surface area contributed by atoms with Gasteiger partial charge in [0.15, 0.2) is 0 Å². The summed E-state index contributed by atoms with van der Waals surface area (Å²) in [5.41, 5.74) is 7.53. The SMILES string of the molecule is CC(C)C(CCN)CCC(=O)Nc1ccccc1N(C)C. The van der Waals surface area contributed by atoms with Gasteiger partial charge in [-0.2, -0.15) is 0 Å². The topological polar surface area (TPSA) is 58.4 Å². The zero-order valence-electron chi connectivity index (χ0n) is 13.7. The van der Waals surface area contributed by atoms with Gasteiger partial charge in [-0.1, -0.05) is 26.0 Å². The molecule has 0 radical (unpaired) electrons. The number of carbonyl (C=O) groups excluding carboxylic acids is 1. The lowest BCUT2D eigenvalue weighted by molar-refractivity contribution is -0.116. The van der Waals surface area contributed by atoms with E-state index in [1.807, 2.05) is 43.3 Å². The molecule has 4 nitrogen and oxygen atoms in total. The van der Waals surface area contributed by atoms with Crippen molar-refractivity contribution >= 4 is 17.3 Å². The van der Waals surface area contributed by atoms with Crippen molar-refractivity contribution < 1.29 is 4.79 Å². The van der Waals surface area contributed by atoms with Crippen molar-refractivity contribution in [3.63, 3.8) is 0 Å². The van der Waals surface area contributed by atoms with Gasteiger partial charge in [-0.3, -0.25) is 4.79 Å². The van der Waals surface area contributed by atoms with Gasteiger partial charge in [0.1, 0.15) is 0 Å². The molecule has 0 spiro atoms. The Morgan fingerprint density at radius 3 is 2.48 bits per heavy atom. The van der Waals surface area contributed by atoms with Crippen LogP contribution < -0.4 is 16.0 Å². The maximum atomic E-state index is 12.2. The molecule has 0 saturated heterocycles. The molecule has 0 aromatic heterocycles. The first-order valence-electron chi connectivity index (χ1n) is 7.72. The predicted octanol–water partition coefficient (Wildman–Crippen LogP) is 3.09. The Labute approximate surface area is 128 Å². The van der Waals surface area contributed by atoms with Crippen LogP contribution >= 0.6 is 0 Å². The maximum absolute atomic E-state index is 12.2. The van der Waals surface area contributed by atoms with Crippen LogP contribution in [-0.2, 0) is 4.79 Å². The summed E-state index contributed by atoms with van der Waals surface area (Å²) in [7, 11) is 3.95. The van der Waals surface area contributed by atoms with Gasteiger partial charge in [0.05, 0.1) is 11.4 Å². The fourth-order valence-electron chi connectivity index (χ4n) is 2.52. The van der Waals surface area contributed by atoms with Gasteiger partial charge in [-0.25, -0.2) is 0 Å². The third-order valence-corrected chi connectivity index (χ3v) is 3.88. The number of hydrogen-bond donors (Lipinski definition) is 2. The second-order valence-electron chi connectivity index (χ2n) is 6.08. The number of nitrogens with two attached hydrogens (primary N) is 1. The van der Waals surface area contributed by atoms with E-state index in [1.165, 1.54) is 0 Å². The highest BCUT2D eigenvalue weighted by atomic mass is 16.1. The third kappa shape index (κ3) is 5.76. The summed E-state index contributed by atoms with van der Waals surface area (Å²) < 4.78 is 0. The highest BCUT2D eigenvalue weighted by Gasteiger charge is 2.15. The van der Waals surface area contributed by atoms with Crippen LogP contribution in [0.1, 0.15) is 33.1 Å². The number of amides is 1. The van der Waals surface area contributed by atoms with Crippen molar-refractivity contribution in [2.45, 2.75) is 33.1 Å². The Morgan fingerprint density at radius 2 is 1.90 bits per heavy atom. The normalized spacial score (nSPS) is 12.3. The van der Waals surface area contributed by atoms with Gasteiger partial charge < -0.3 is 16.0 Å². The Kier molecular flexibility index (Phi) is 7.23. The maximum Gasteiger partial charge on any atom is 0.224 e. The van der Waals surface area contributed by atoms with Gasteiger partial charge in [-0.05, 0) is 43.4 Å². The molecule has 0 aliphatic rings. The molecule has 4 heteroatoms. The van der Waals surface area contributed by atoms with Gasteiger partial charge in [-0.15, -0.1) is 0 Å². The molecule has 21 heavy (non-hydrogen) atoms. The predicted molar refractivity (Wildman–Crippen MR) is 90.6 cm³/mol. The molecule has 0 heterocycles. The molecule has 118 valence electrons. The van der Waals surface area contributed by atoms with Crippen molar-refractivity contribution in [1.82, 2.24) is 0 Å². The first-order chi connectivity index (χ1) is 9.95. The number of benzene rings is 1. The minimum Gasteiger partial charge on any atom is -0.376 e. The van der Waals surface area contributed by atoms with E-state index in [2.05, 4.69) is 19.2 Å². The molecule has 1 unspecified atom stereocenters. The Bertz CT molecular complexity index is 443. The van der Waals surface area contributed by atoms with E-state index in [1.54, 1.807) is 0 Å². The van der Waals surface area contributed by atoms with Gasteiger partial charge >= 0.3 is 0 Å². The van der Waals surface area contributed by atoms with Crippen molar-refractivity contribution in [2.24, 2.45) is 17.6 Å². The van der Waals surface area contributed by atoms with Crippen LogP contribution in [0.2, 0.25) is 0 Å². The number of carbonyl (C=O) groups is 1. The number of rotatable bonds is 8. The van der Waals surface area contributed by atoms with E-state index in [9.17, 15) is 4.79 Å². The first kappa shape index (κ1) is 17.5. The lowest BCUT2D eigenvalue weighted by Crippen LogP contribution is -2.19. The molecule has 0 saturated carbocycles. The summed E-state index contributed by atoms with van der Waals surface area (Å²) in [5, 5.41) is 3.02. The second kappa shape index (κ2) is 8.67. The highest BCUT2D eigenvalue weighted by molar-refractivity contribution is 5.94. The van der Waals surface area contributed by atoms with Gasteiger partial charge in [0, 0.05) is 20.5 Å². The molecule has 0 bridgehead atoms. The van der Waals surface area contributed by atoms with E-state index in [0.29, 0.717) is 24.8 Å². The van der Waals surface area contributed by atoms with Crippen molar-refractivity contribution in [1.29, 1.82) is 0 Å². The summed E-state index contributed by atoms with van der Waals surface area (Å²) in [6.07, 6.45) is 2.43. The molecule has 1 aromatic rings. The molecule has 3 N–H and O–H groups in total. The molecule has 1 atom stereocenters. The zero-order valence-corrected chi connectivity index (χ0v) is 13.7.